The van der Waals surface area contributed by atoms with Gasteiger partial charge in [0.15, 0.2) is 0 Å². The predicted octanol–water partition coefficient (Wildman–Crippen LogP) is 8.94. The van der Waals surface area contributed by atoms with Crippen molar-refractivity contribution < 1.29 is 9.59 Å². The lowest BCUT2D eigenvalue weighted by atomic mass is 9.62. The first kappa shape index (κ1) is 32.3. The summed E-state index contributed by atoms with van der Waals surface area (Å²) in [5.74, 6) is 0.0289. The summed E-state index contributed by atoms with van der Waals surface area (Å²) in [6.07, 6.45) is 3.89. The summed E-state index contributed by atoms with van der Waals surface area (Å²) in [6.45, 7) is 35.2. The van der Waals surface area contributed by atoms with Gasteiger partial charge in [-0.2, -0.15) is 0 Å². The Balaban J connectivity index is 0.000000519. The Morgan fingerprint density at radius 3 is 2.22 bits per heavy atom. The highest BCUT2D eigenvalue weighted by atomic mass is 31.1. The van der Waals surface area contributed by atoms with Crippen molar-refractivity contribution in [2.45, 2.75) is 86.4 Å². The number of nitrogens with one attached hydrogen (secondary N) is 1. The van der Waals surface area contributed by atoms with Gasteiger partial charge in [-0.05, 0) is 69.0 Å². The van der Waals surface area contributed by atoms with E-state index in [4.69, 9.17) is 0 Å². The molecule has 5 heteroatoms. The summed E-state index contributed by atoms with van der Waals surface area (Å²) >= 11 is 0. The molecule has 1 aliphatic heterocycles. The Bertz CT molecular complexity index is 1100. The van der Waals surface area contributed by atoms with Gasteiger partial charge in [-0.15, -0.1) is 0 Å². The van der Waals surface area contributed by atoms with Gasteiger partial charge in [-0.25, -0.2) is 0 Å². The molecule has 1 heterocycles. The molecule has 0 saturated carbocycles. The highest BCUT2D eigenvalue weighted by Gasteiger charge is 2.39. The summed E-state index contributed by atoms with van der Waals surface area (Å²) in [7, 11) is 0.308. The van der Waals surface area contributed by atoms with Crippen LogP contribution in [0.4, 0.5) is 4.79 Å². The zero-order valence-electron chi connectivity index (χ0n) is 24.5. The highest BCUT2D eigenvalue weighted by Crippen LogP contribution is 2.50. The van der Waals surface area contributed by atoms with Crippen LogP contribution in [0.15, 0.2) is 79.2 Å². The van der Waals surface area contributed by atoms with Gasteiger partial charge in [-0.1, -0.05) is 92.1 Å². The quantitative estimate of drug-likeness (QED) is 0.300. The highest BCUT2D eigenvalue weighted by molar-refractivity contribution is 7.61. The Kier molecular flexibility index (Phi) is 11.5. The van der Waals surface area contributed by atoms with Crippen molar-refractivity contribution in [3.05, 3.63) is 90.3 Å². The van der Waals surface area contributed by atoms with Gasteiger partial charge in [0.05, 0.1) is 5.78 Å². The van der Waals surface area contributed by atoms with E-state index in [0.29, 0.717) is 8.58 Å². The molecule has 3 atom stereocenters. The minimum absolute atomic E-state index is 0.0185. The Hall–Kier alpha value is -2.71. The molecule has 202 valence electrons. The normalized spacial score (nSPS) is 21.0. The van der Waals surface area contributed by atoms with Crippen LogP contribution in [0.2, 0.25) is 0 Å². The van der Waals surface area contributed by atoms with Gasteiger partial charge in [0.25, 0.3) is 0 Å². The number of rotatable bonds is 6. The largest absolute Gasteiger partial charge is 0.356 e. The molecular weight excluding hydrogens is 475 g/mol. The molecule has 0 radical (unpaired) electrons. The lowest BCUT2D eigenvalue weighted by molar-refractivity contribution is -0.126. The molecule has 3 rings (SSSR count). The number of hydrogen-bond acceptors (Lipinski definition) is 3. The van der Waals surface area contributed by atoms with Crippen molar-refractivity contribution in [3.8, 4) is 0 Å². The van der Waals surface area contributed by atoms with Crippen molar-refractivity contribution in [1.29, 1.82) is 0 Å². The van der Waals surface area contributed by atoms with E-state index < -0.39 is 0 Å². The topological polar surface area (TPSA) is 49.4 Å². The molecule has 2 aliphatic rings. The fourth-order valence-corrected chi connectivity index (χ4v) is 5.63. The van der Waals surface area contributed by atoms with Crippen LogP contribution < -0.4 is 5.32 Å². The standard InChI is InChI=1S/C25H33N.C5H8NO2P.C2H6/c1-10-17(2)26-20(5)23-18(3)21-13-11-12-14-22(21)25(9,19(23)4)16-15-24(6,7)8;1-3(7)6-4(2)9-5(6)8;1-2/h10-14,26H,1-2,4-5,15-16H2,3,6-9H3;4,9H,1-2H3;1-2H3/t25-;;/m0../s1. The molecule has 2 unspecified atom stereocenters. The van der Waals surface area contributed by atoms with Crippen molar-refractivity contribution in [3.63, 3.8) is 0 Å². The number of amides is 2. The van der Waals surface area contributed by atoms with Crippen LogP contribution in [0.25, 0.3) is 5.57 Å². The molecule has 1 fully saturated rings. The van der Waals surface area contributed by atoms with Crippen LogP contribution in [-0.2, 0) is 10.2 Å². The summed E-state index contributed by atoms with van der Waals surface area (Å²) in [5.41, 5.74) is 7.86. The van der Waals surface area contributed by atoms with Gasteiger partial charge in [0.2, 0.25) is 11.6 Å². The number of allylic oxidation sites excluding steroid dienone is 3. The Morgan fingerprint density at radius 2 is 1.78 bits per heavy atom. The van der Waals surface area contributed by atoms with E-state index in [2.05, 4.69) is 90.5 Å². The van der Waals surface area contributed by atoms with Crippen LogP contribution in [0.5, 0.6) is 0 Å². The molecule has 1 aromatic carbocycles. The average Bonchev–Trinajstić information content (AvgIpc) is 2.82. The van der Waals surface area contributed by atoms with Crippen LogP contribution in [-0.4, -0.2) is 22.2 Å². The van der Waals surface area contributed by atoms with Gasteiger partial charge in [0.1, 0.15) is 0 Å². The molecule has 0 aromatic heterocycles. The van der Waals surface area contributed by atoms with E-state index in [0.717, 1.165) is 35.4 Å². The SMILES string of the molecule is C=CC(=C)NC(=C)C1=C(C)c2ccccc2[C@@](C)(CCC(C)(C)C)C1=C.CC.CC(=O)N1C(=O)PC1C. The lowest BCUT2D eigenvalue weighted by Gasteiger charge is -2.42. The fourth-order valence-electron chi connectivity index (χ4n) is 4.56. The van der Waals surface area contributed by atoms with Crippen LogP contribution in [0.1, 0.15) is 86.3 Å². The number of nitrogens with zero attached hydrogens (tertiary/aromatic N) is 1. The molecule has 1 aliphatic carbocycles. The van der Waals surface area contributed by atoms with Crippen molar-refractivity contribution in [1.82, 2.24) is 10.2 Å². The van der Waals surface area contributed by atoms with Crippen LogP contribution in [0, 0.1) is 5.41 Å². The van der Waals surface area contributed by atoms with E-state index in [1.54, 1.807) is 6.08 Å². The maximum Gasteiger partial charge on any atom is 0.249 e. The Labute approximate surface area is 227 Å². The van der Waals surface area contributed by atoms with Crippen molar-refractivity contribution in [2.24, 2.45) is 5.41 Å². The molecule has 37 heavy (non-hydrogen) atoms. The van der Waals surface area contributed by atoms with Gasteiger partial charge in [-0.3, -0.25) is 14.5 Å². The minimum Gasteiger partial charge on any atom is -0.356 e. The number of hydrogen-bond donors (Lipinski definition) is 1. The first-order chi connectivity index (χ1) is 17.1. The predicted molar refractivity (Wildman–Crippen MR) is 163 cm³/mol. The van der Waals surface area contributed by atoms with Crippen molar-refractivity contribution in [2.75, 3.05) is 0 Å². The number of carbonyl (C=O) groups excluding carboxylic acids is 2. The average molecular weight is 523 g/mol. The molecule has 2 amide bonds. The van der Waals surface area contributed by atoms with E-state index in [9.17, 15) is 9.59 Å². The summed E-state index contributed by atoms with van der Waals surface area (Å²) in [5, 5.41) is 3.28. The van der Waals surface area contributed by atoms with E-state index in [1.165, 1.54) is 28.5 Å². The first-order valence-electron chi connectivity index (χ1n) is 13.0. The maximum atomic E-state index is 10.6. The number of carbonyl (C=O) groups is 2. The molecule has 4 nitrogen and oxygen atoms in total. The molecular formula is C32H47N2O2P. The molecule has 0 bridgehead atoms. The van der Waals surface area contributed by atoms with Crippen LogP contribution in [0.3, 0.4) is 0 Å². The smallest absolute Gasteiger partial charge is 0.249 e. The van der Waals surface area contributed by atoms with Crippen molar-refractivity contribution >= 4 is 25.7 Å². The molecule has 1 aromatic rings. The number of imide groups is 1. The third-order valence-corrected chi connectivity index (χ3v) is 7.94. The third-order valence-electron chi connectivity index (χ3n) is 6.78. The molecule has 1 N–H and O–H groups in total. The molecule has 1 saturated heterocycles. The lowest BCUT2D eigenvalue weighted by Crippen LogP contribution is -2.45. The Morgan fingerprint density at radius 1 is 1.22 bits per heavy atom. The summed E-state index contributed by atoms with van der Waals surface area (Å²) < 4.78 is 0. The second-order valence-electron chi connectivity index (χ2n) is 10.8. The van der Waals surface area contributed by atoms with E-state index in [1.807, 2.05) is 20.8 Å². The van der Waals surface area contributed by atoms with Gasteiger partial charge in [0, 0.05) is 29.3 Å². The number of fused-ring (bicyclic) bond motifs is 1. The summed E-state index contributed by atoms with van der Waals surface area (Å²) in [4.78, 5) is 22.4. The second kappa shape index (κ2) is 13.2. The van der Waals surface area contributed by atoms with Gasteiger partial charge >= 0.3 is 0 Å². The molecule has 0 spiro atoms. The zero-order valence-corrected chi connectivity index (χ0v) is 25.5. The number of benzene rings is 1. The fraction of sp³-hybridized carbons (Fsp3) is 0.438. The minimum atomic E-state index is -0.133. The first-order valence-corrected chi connectivity index (χ1v) is 14.1. The van der Waals surface area contributed by atoms with Gasteiger partial charge < -0.3 is 5.32 Å². The third kappa shape index (κ3) is 7.65. The maximum absolute atomic E-state index is 10.6. The zero-order chi connectivity index (χ0) is 28.7. The summed E-state index contributed by atoms with van der Waals surface area (Å²) in [6, 6.07) is 8.70. The van der Waals surface area contributed by atoms with Crippen LogP contribution >= 0.6 is 8.58 Å². The monoisotopic (exact) mass is 522 g/mol. The van der Waals surface area contributed by atoms with E-state index in [-0.39, 0.29) is 28.2 Å². The second-order valence-corrected chi connectivity index (χ2v) is 12.3. The van der Waals surface area contributed by atoms with E-state index >= 15 is 0 Å².